The van der Waals surface area contributed by atoms with Crippen molar-refractivity contribution in [3.05, 3.63) is 59.2 Å². The molecule has 0 aromatic heterocycles. The molecular weight excluding hydrogens is 316 g/mol. The molecular formula is C20H22N2O3. The van der Waals surface area contributed by atoms with Crippen LogP contribution in [0.4, 0.5) is 5.69 Å². The van der Waals surface area contributed by atoms with Crippen LogP contribution >= 0.6 is 0 Å². The highest BCUT2D eigenvalue weighted by atomic mass is 16.5. The molecule has 2 amide bonds. The van der Waals surface area contributed by atoms with Crippen molar-refractivity contribution in [1.82, 2.24) is 5.32 Å². The summed E-state index contributed by atoms with van der Waals surface area (Å²) in [6.45, 7) is 4.55. The van der Waals surface area contributed by atoms with E-state index in [2.05, 4.69) is 5.32 Å². The molecule has 5 heteroatoms. The lowest BCUT2D eigenvalue weighted by Crippen LogP contribution is -2.40. The summed E-state index contributed by atoms with van der Waals surface area (Å²) < 4.78 is 5.48. The number of rotatable bonds is 5. The summed E-state index contributed by atoms with van der Waals surface area (Å²) in [7, 11) is 0. The first kappa shape index (κ1) is 17.0. The Hall–Kier alpha value is -2.82. The van der Waals surface area contributed by atoms with Crippen LogP contribution in [0, 0.1) is 13.8 Å². The van der Waals surface area contributed by atoms with Crippen LogP contribution in [-0.4, -0.2) is 31.5 Å². The average molecular weight is 338 g/mol. The van der Waals surface area contributed by atoms with E-state index in [1.165, 1.54) is 11.1 Å². The molecule has 3 rings (SSSR count). The molecule has 0 saturated heterocycles. The second-order valence-corrected chi connectivity index (χ2v) is 6.24. The number of hydrogen-bond donors (Lipinski definition) is 1. The van der Waals surface area contributed by atoms with Gasteiger partial charge in [0.15, 0.2) is 6.61 Å². The number of para-hydroxylation sites is 1. The second-order valence-electron chi connectivity index (χ2n) is 6.24. The minimum absolute atomic E-state index is 0.0244. The molecule has 1 N–H and O–H groups in total. The van der Waals surface area contributed by atoms with Crippen molar-refractivity contribution in [2.24, 2.45) is 0 Å². The quantitative estimate of drug-likeness (QED) is 0.911. The van der Waals surface area contributed by atoms with E-state index in [1.807, 2.05) is 56.3 Å². The molecule has 5 nitrogen and oxygen atoms in total. The first-order valence-electron chi connectivity index (χ1n) is 8.39. The van der Waals surface area contributed by atoms with Crippen LogP contribution in [0.15, 0.2) is 42.5 Å². The average Bonchev–Trinajstić information content (AvgIpc) is 3.05. The normalized spacial score (nSPS) is 12.6. The molecule has 1 aliphatic rings. The van der Waals surface area contributed by atoms with Gasteiger partial charge in [0.05, 0.1) is 6.54 Å². The summed E-state index contributed by atoms with van der Waals surface area (Å²) in [4.78, 5) is 26.0. The molecule has 2 aromatic carbocycles. The van der Waals surface area contributed by atoms with E-state index in [-0.39, 0.29) is 25.0 Å². The Morgan fingerprint density at radius 2 is 1.92 bits per heavy atom. The van der Waals surface area contributed by atoms with Gasteiger partial charge in [0.2, 0.25) is 5.91 Å². The number of hydrogen-bond acceptors (Lipinski definition) is 3. The fourth-order valence-electron chi connectivity index (χ4n) is 2.87. The topological polar surface area (TPSA) is 58.6 Å². The summed E-state index contributed by atoms with van der Waals surface area (Å²) >= 11 is 0. The standard InChI is InChI=1S/C20H22N2O3/c1-14-7-8-17(11-15(14)2)25-13-19(23)21-12-20(24)22-10-9-16-5-3-4-6-18(16)22/h3-8,11H,9-10,12-13H2,1-2H3,(H,21,23). The zero-order chi connectivity index (χ0) is 17.8. The maximum atomic E-state index is 12.3. The van der Waals surface area contributed by atoms with E-state index >= 15 is 0 Å². The summed E-state index contributed by atoms with van der Waals surface area (Å²) in [5, 5.41) is 2.63. The van der Waals surface area contributed by atoms with Crippen molar-refractivity contribution in [3.63, 3.8) is 0 Å². The van der Waals surface area contributed by atoms with Gasteiger partial charge in [0.1, 0.15) is 5.75 Å². The maximum absolute atomic E-state index is 12.3. The molecule has 0 saturated carbocycles. The Balaban J connectivity index is 1.48. The van der Waals surface area contributed by atoms with Gasteiger partial charge < -0.3 is 15.0 Å². The van der Waals surface area contributed by atoms with Gasteiger partial charge in [-0.1, -0.05) is 24.3 Å². The Labute approximate surface area is 147 Å². The zero-order valence-electron chi connectivity index (χ0n) is 14.5. The molecule has 1 heterocycles. The van der Waals surface area contributed by atoms with E-state index < -0.39 is 0 Å². The van der Waals surface area contributed by atoms with Crippen LogP contribution in [0.1, 0.15) is 16.7 Å². The summed E-state index contributed by atoms with van der Waals surface area (Å²) in [6.07, 6.45) is 0.853. The lowest BCUT2D eigenvalue weighted by Gasteiger charge is -2.17. The molecule has 25 heavy (non-hydrogen) atoms. The van der Waals surface area contributed by atoms with E-state index in [0.717, 1.165) is 17.7 Å². The van der Waals surface area contributed by atoms with E-state index in [1.54, 1.807) is 4.90 Å². The summed E-state index contributed by atoms with van der Waals surface area (Å²) in [5.41, 5.74) is 4.39. The maximum Gasteiger partial charge on any atom is 0.258 e. The van der Waals surface area contributed by atoms with Crippen molar-refractivity contribution in [3.8, 4) is 5.75 Å². The molecule has 0 atom stereocenters. The van der Waals surface area contributed by atoms with E-state index in [4.69, 9.17) is 4.74 Å². The third-order valence-corrected chi connectivity index (χ3v) is 4.47. The predicted molar refractivity (Wildman–Crippen MR) is 96.9 cm³/mol. The molecule has 0 radical (unpaired) electrons. The number of nitrogens with one attached hydrogen (secondary N) is 1. The fraction of sp³-hybridized carbons (Fsp3) is 0.300. The first-order valence-corrected chi connectivity index (χ1v) is 8.39. The number of carbonyl (C=O) groups is 2. The predicted octanol–water partition coefficient (Wildman–Crippen LogP) is 2.39. The van der Waals surface area contributed by atoms with Crippen molar-refractivity contribution in [2.75, 3.05) is 24.6 Å². The molecule has 130 valence electrons. The summed E-state index contributed by atoms with van der Waals surface area (Å²) in [5.74, 6) is 0.238. The number of anilines is 1. The second kappa shape index (κ2) is 7.38. The lowest BCUT2D eigenvalue weighted by molar-refractivity contribution is -0.126. The van der Waals surface area contributed by atoms with Crippen molar-refractivity contribution in [2.45, 2.75) is 20.3 Å². The van der Waals surface area contributed by atoms with Gasteiger partial charge in [0.25, 0.3) is 5.91 Å². The van der Waals surface area contributed by atoms with Crippen molar-refractivity contribution < 1.29 is 14.3 Å². The van der Waals surface area contributed by atoms with Crippen LogP contribution in [0.25, 0.3) is 0 Å². The SMILES string of the molecule is Cc1ccc(OCC(=O)NCC(=O)N2CCc3ccccc32)cc1C. The number of carbonyl (C=O) groups excluding carboxylic acids is 2. The van der Waals surface area contributed by atoms with Gasteiger partial charge in [0, 0.05) is 12.2 Å². The van der Waals surface area contributed by atoms with Gasteiger partial charge in [-0.25, -0.2) is 0 Å². The molecule has 0 bridgehead atoms. The van der Waals surface area contributed by atoms with Crippen LogP contribution < -0.4 is 15.0 Å². The lowest BCUT2D eigenvalue weighted by atomic mass is 10.1. The van der Waals surface area contributed by atoms with Gasteiger partial charge >= 0.3 is 0 Å². The minimum atomic E-state index is -0.306. The van der Waals surface area contributed by atoms with Crippen LogP contribution in [0.2, 0.25) is 0 Å². The van der Waals surface area contributed by atoms with Crippen LogP contribution in [0.5, 0.6) is 5.75 Å². The van der Waals surface area contributed by atoms with Crippen molar-refractivity contribution >= 4 is 17.5 Å². The highest BCUT2D eigenvalue weighted by Crippen LogP contribution is 2.27. The van der Waals surface area contributed by atoms with Gasteiger partial charge in [-0.15, -0.1) is 0 Å². The Bertz CT molecular complexity index is 801. The molecule has 2 aromatic rings. The van der Waals surface area contributed by atoms with E-state index in [0.29, 0.717) is 12.3 Å². The number of amides is 2. The molecule has 0 fully saturated rings. The van der Waals surface area contributed by atoms with E-state index in [9.17, 15) is 9.59 Å². The highest BCUT2D eigenvalue weighted by molar-refractivity contribution is 5.98. The van der Waals surface area contributed by atoms with Gasteiger partial charge in [-0.3, -0.25) is 9.59 Å². The molecule has 1 aliphatic heterocycles. The Kier molecular flexibility index (Phi) is 5.03. The highest BCUT2D eigenvalue weighted by Gasteiger charge is 2.24. The largest absolute Gasteiger partial charge is 0.484 e. The van der Waals surface area contributed by atoms with Crippen molar-refractivity contribution in [1.29, 1.82) is 0 Å². The van der Waals surface area contributed by atoms with Gasteiger partial charge in [-0.2, -0.15) is 0 Å². The molecule has 0 unspecified atom stereocenters. The summed E-state index contributed by atoms with van der Waals surface area (Å²) in [6, 6.07) is 13.5. The number of aryl methyl sites for hydroxylation is 2. The number of benzene rings is 2. The Morgan fingerprint density at radius 3 is 2.72 bits per heavy atom. The fourth-order valence-corrected chi connectivity index (χ4v) is 2.87. The molecule has 0 aliphatic carbocycles. The number of fused-ring (bicyclic) bond motifs is 1. The first-order chi connectivity index (χ1) is 12.0. The zero-order valence-corrected chi connectivity index (χ0v) is 14.5. The number of nitrogens with zero attached hydrogens (tertiary/aromatic N) is 1. The monoisotopic (exact) mass is 338 g/mol. The Morgan fingerprint density at radius 1 is 1.12 bits per heavy atom. The van der Waals surface area contributed by atoms with Gasteiger partial charge in [-0.05, 0) is 55.2 Å². The number of ether oxygens (including phenoxy) is 1. The third-order valence-electron chi connectivity index (χ3n) is 4.47. The third kappa shape index (κ3) is 3.99. The van der Waals surface area contributed by atoms with Crippen LogP contribution in [0.3, 0.4) is 0 Å². The van der Waals surface area contributed by atoms with Crippen LogP contribution in [-0.2, 0) is 16.0 Å². The molecule has 0 spiro atoms. The smallest absolute Gasteiger partial charge is 0.258 e. The minimum Gasteiger partial charge on any atom is -0.484 e.